The zero-order valence-corrected chi connectivity index (χ0v) is 10.5. The first-order valence-electron chi connectivity index (χ1n) is 5.50. The molecule has 0 amide bonds. The number of hydrogen-bond donors (Lipinski definition) is 0. The van der Waals surface area contributed by atoms with E-state index < -0.39 is 5.97 Å². The van der Waals surface area contributed by atoms with Crippen LogP contribution in [-0.4, -0.2) is 23.0 Å². The fourth-order valence-electron chi connectivity index (χ4n) is 1.36. The molecule has 1 aromatic heterocycles. The summed E-state index contributed by atoms with van der Waals surface area (Å²) in [5, 5.41) is 0. The average Bonchev–Trinajstić information content (AvgIpc) is 2.46. The number of aromatic nitrogens is 2. The van der Waals surface area contributed by atoms with E-state index in [1.54, 1.807) is 7.11 Å². The van der Waals surface area contributed by atoms with E-state index in [-0.39, 0.29) is 5.75 Å². The molecule has 0 aliphatic rings. The van der Waals surface area contributed by atoms with Crippen molar-refractivity contribution in [1.29, 1.82) is 0 Å². The molecule has 0 saturated carbocycles. The van der Waals surface area contributed by atoms with Gasteiger partial charge in [-0.05, 0) is 24.3 Å². The Labute approximate surface area is 109 Å². The lowest BCUT2D eigenvalue weighted by molar-refractivity contribution is -0.211. The van der Waals surface area contributed by atoms with E-state index in [0.29, 0.717) is 5.82 Å². The molecule has 0 saturated heterocycles. The molecule has 6 heteroatoms. The third kappa shape index (κ3) is 3.41. The number of nitrogens with zero attached hydrogens (tertiary/aromatic N) is 2. The predicted octanol–water partition coefficient (Wildman–Crippen LogP) is 2.01. The molecule has 0 fully saturated rings. The molecule has 0 bridgehead atoms. The van der Waals surface area contributed by atoms with Crippen molar-refractivity contribution in [1.82, 2.24) is 9.97 Å². The van der Waals surface area contributed by atoms with Gasteiger partial charge in [-0.15, -0.1) is 0 Å². The topological polar surface area (TPSA) is 70.5 Å². The summed E-state index contributed by atoms with van der Waals surface area (Å²) in [6.07, 6.45) is 2.85. The SMILES string of the molecule is COc1ccc(-c2ncc(OOC(C)=O)cn2)cc1. The Morgan fingerprint density at radius 1 is 1.05 bits per heavy atom. The highest BCUT2D eigenvalue weighted by Gasteiger charge is 2.04. The Morgan fingerprint density at radius 2 is 1.68 bits per heavy atom. The van der Waals surface area contributed by atoms with Gasteiger partial charge in [-0.3, -0.25) is 9.78 Å². The van der Waals surface area contributed by atoms with Crippen molar-refractivity contribution in [3.8, 4) is 22.9 Å². The monoisotopic (exact) mass is 260 g/mol. The summed E-state index contributed by atoms with van der Waals surface area (Å²) >= 11 is 0. The van der Waals surface area contributed by atoms with Crippen molar-refractivity contribution in [3.05, 3.63) is 36.7 Å². The fourth-order valence-corrected chi connectivity index (χ4v) is 1.36. The van der Waals surface area contributed by atoms with Crippen LogP contribution in [0.25, 0.3) is 11.4 Å². The standard InChI is InChI=1S/C13H12N2O4/c1-9(16)18-19-12-7-14-13(15-8-12)10-3-5-11(17-2)6-4-10/h3-8H,1-2H3. The first-order valence-corrected chi connectivity index (χ1v) is 5.50. The molecule has 1 aromatic carbocycles. The van der Waals surface area contributed by atoms with Crippen molar-refractivity contribution >= 4 is 5.97 Å². The Bertz CT molecular complexity index is 552. The first kappa shape index (κ1) is 12.8. The van der Waals surface area contributed by atoms with E-state index in [4.69, 9.17) is 9.62 Å². The normalized spacial score (nSPS) is 9.79. The molecule has 2 aromatic rings. The van der Waals surface area contributed by atoms with Crippen LogP contribution in [0.3, 0.4) is 0 Å². The summed E-state index contributed by atoms with van der Waals surface area (Å²) in [5.74, 6) is 1.02. The van der Waals surface area contributed by atoms with Gasteiger partial charge >= 0.3 is 5.97 Å². The lowest BCUT2D eigenvalue weighted by Crippen LogP contribution is -2.03. The second-order valence-corrected chi connectivity index (χ2v) is 3.63. The molecular formula is C13H12N2O4. The number of carbonyl (C=O) groups is 1. The van der Waals surface area contributed by atoms with Gasteiger partial charge in [-0.2, -0.15) is 0 Å². The molecule has 0 spiro atoms. The Morgan fingerprint density at radius 3 is 2.21 bits per heavy atom. The van der Waals surface area contributed by atoms with Crippen molar-refractivity contribution in [2.45, 2.75) is 6.92 Å². The van der Waals surface area contributed by atoms with Gasteiger partial charge in [0.15, 0.2) is 5.82 Å². The highest BCUT2D eigenvalue weighted by atomic mass is 17.2. The molecular weight excluding hydrogens is 248 g/mol. The minimum atomic E-state index is -0.542. The van der Waals surface area contributed by atoms with E-state index in [0.717, 1.165) is 11.3 Å². The van der Waals surface area contributed by atoms with Crippen LogP contribution < -0.4 is 9.62 Å². The maximum atomic E-state index is 10.6. The molecule has 2 rings (SSSR count). The van der Waals surface area contributed by atoms with Gasteiger partial charge in [0.05, 0.1) is 19.5 Å². The largest absolute Gasteiger partial charge is 0.497 e. The van der Waals surface area contributed by atoms with Crippen molar-refractivity contribution in [2.24, 2.45) is 0 Å². The maximum absolute atomic E-state index is 10.6. The summed E-state index contributed by atoms with van der Waals surface area (Å²) < 4.78 is 5.07. The Hall–Kier alpha value is -2.63. The van der Waals surface area contributed by atoms with Crippen LogP contribution in [0, 0.1) is 0 Å². The van der Waals surface area contributed by atoms with Gasteiger partial charge in [-0.25, -0.2) is 14.8 Å². The van der Waals surface area contributed by atoms with Gasteiger partial charge in [0.25, 0.3) is 0 Å². The molecule has 98 valence electrons. The molecule has 0 aliphatic carbocycles. The molecule has 0 atom stereocenters. The van der Waals surface area contributed by atoms with Gasteiger partial charge in [-0.1, -0.05) is 0 Å². The number of methoxy groups -OCH3 is 1. The number of benzene rings is 1. The molecule has 19 heavy (non-hydrogen) atoms. The van der Waals surface area contributed by atoms with Crippen LogP contribution in [0.5, 0.6) is 11.5 Å². The van der Waals surface area contributed by atoms with Crippen LogP contribution in [0.4, 0.5) is 0 Å². The van der Waals surface area contributed by atoms with E-state index in [1.165, 1.54) is 19.3 Å². The van der Waals surface area contributed by atoms with Crippen molar-refractivity contribution in [2.75, 3.05) is 7.11 Å². The van der Waals surface area contributed by atoms with Crippen LogP contribution in [0.2, 0.25) is 0 Å². The third-order valence-electron chi connectivity index (χ3n) is 2.23. The first-order chi connectivity index (χ1) is 9.19. The summed E-state index contributed by atoms with van der Waals surface area (Å²) in [7, 11) is 1.60. The van der Waals surface area contributed by atoms with Crippen LogP contribution in [0.15, 0.2) is 36.7 Å². The second-order valence-electron chi connectivity index (χ2n) is 3.63. The van der Waals surface area contributed by atoms with Gasteiger partial charge in [0, 0.05) is 12.5 Å². The number of ether oxygens (including phenoxy) is 1. The molecule has 0 unspecified atom stereocenters. The molecule has 1 heterocycles. The highest BCUT2D eigenvalue weighted by molar-refractivity contribution is 5.65. The molecule has 0 radical (unpaired) electrons. The minimum absolute atomic E-state index is 0.257. The molecule has 6 nitrogen and oxygen atoms in total. The second kappa shape index (κ2) is 5.81. The van der Waals surface area contributed by atoms with Gasteiger partial charge in [0.1, 0.15) is 5.75 Å². The maximum Gasteiger partial charge on any atom is 0.352 e. The summed E-state index contributed by atoms with van der Waals surface area (Å²) in [6.45, 7) is 1.24. The Kier molecular flexibility index (Phi) is 3.92. The van der Waals surface area contributed by atoms with Crippen LogP contribution >= 0.6 is 0 Å². The van der Waals surface area contributed by atoms with Crippen LogP contribution in [0.1, 0.15) is 6.92 Å². The van der Waals surface area contributed by atoms with Gasteiger partial charge < -0.3 is 4.74 Å². The van der Waals surface area contributed by atoms with Crippen molar-refractivity contribution in [3.63, 3.8) is 0 Å². The number of rotatable bonds is 4. The zero-order valence-electron chi connectivity index (χ0n) is 10.5. The van der Waals surface area contributed by atoms with Gasteiger partial charge in [0.2, 0.25) is 5.75 Å². The van der Waals surface area contributed by atoms with Crippen molar-refractivity contribution < 1.29 is 19.3 Å². The smallest absolute Gasteiger partial charge is 0.352 e. The quantitative estimate of drug-likeness (QED) is 0.618. The van der Waals surface area contributed by atoms with E-state index in [2.05, 4.69) is 14.9 Å². The predicted molar refractivity (Wildman–Crippen MR) is 66.4 cm³/mol. The summed E-state index contributed by atoms with van der Waals surface area (Å²) in [6, 6.07) is 7.34. The highest BCUT2D eigenvalue weighted by Crippen LogP contribution is 2.19. The van der Waals surface area contributed by atoms with E-state index >= 15 is 0 Å². The molecule has 0 N–H and O–H groups in total. The average molecular weight is 260 g/mol. The lowest BCUT2D eigenvalue weighted by atomic mass is 10.2. The summed E-state index contributed by atoms with van der Waals surface area (Å²) in [5.41, 5.74) is 0.847. The number of carbonyl (C=O) groups excluding carboxylic acids is 1. The van der Waals surface area contributed by atoms with E-state index in [1.807, 2.05) is 24.3 Å². The van der Waals surface area contributed by atoms with E-state index in [9.17, 15) is 4.79 Å². The fraction of sp³-hybridized carbons (Fsp3) is 0.154. The third-order valence-corrected chi connectivity index (χ3v) is 2.23. The molecule has 0 aliphatic heterocycles. The minimum Gasteiger partial charge on any atom is -0.497 e. The summed E-state index contributed by atoms with van der Waals surface area (Å²) in [4.78, 5) is 27.9. The zero-order chi connectivity index (χ0) is 13.7. The lowest BCUT2D eigenvalue weighted by Gasteiger charge is -2.04. The number of hydrogen-bond acceptors (Lipinski definition) is 6. The van der Waals surface area contributed by atoms with Crippen LogP contribution in [-0.2, 0) is 9.68 Å². The Balaban J connectivity index is 2.10.